The number of non-ortho nitro benzene ring substituents is 1. The Hall–Kier alpha value is -4.40. The number of anilines is 1. The van der Waals surface area contributed by atoms with Crippen LogP contribution in [0, 0.1) is 17.0 Å². The highest BCUT2D eigenvalue weighted by Crippen LogP contribution is 2.29. The number of nitrogens with one attached hydrogen (secondary N) is 1. The van der Waals surface area contributed by atoms with Crippen molar-refractivity contribution in [3.05, 3.63) is 93.5 Å². The van der Waals surface area contributed by atoms with Crippen molar-refractivity contribution in [2.45, 2.75) is 20.5 Å². The Morgan fingerprint density at radius 2 is 1.76 bits per heavy atom. The van der Waals surface area contributed by atoms with Crippen LogP contribution in [0.25, 0.3) is 0 Å². The number of carbonyl (C=O) groups excluding carboxylic acids is 1. The molecule has 0 aromatic heterocycles. The number of hydrogen-bond donors (Lipinski definition) is 1. The monoisotopic (exact) mass is 463 g/mol. The van der Waals surface area contributed by atoms with Crippen molar-refractivity contribution >= 4 is 23.5 Å². The minimum Gasteiger partial charge on any atom is -0.490 e. The number of aryl methyl sites for hydroxylation is 1. The van der Waals surface area contributed by atoms with Gasteiger partial charge in [0.2, 0.25) is 0 Å². The largest absolute Gasteiger partial charge is 0.490 e. The van der Waals surface area contributed by atoms with Crippen LogP contribution in [0.15, 0.2) is 71.9 Å². The molecule has 3 aromatic carbocycles. The summed E-state index contributed by atoms with van der Waals surface area (Å²) in [6.07, 6.45) is 1.47. The number of nitrogens with zero attached hydrogens (tertiary/aromatic N) is 2. The molecule has 1 amide bonds. The highest BCUT2D eigenvalue weighted by molar-refractivity contribution is 5.91. The van der Waals surface area contributed by atoms with Gasteiger partial charge in [-0.2, -0.15) is 0 Å². The van der Waals surface area contributed by atoms with Gasteiger partial charge in [0.1, 0.15) is 6.61 Å². The third kappa shape index (κ3) is 7.33. The lowest BCUT2D eigenvalue weighted by molar-refractivity contribution is -0.384. The molecule has 0 fully saturated rings. The summed E-state index contributed by atoms with van der Waals surface area (Å²) < 4.78 is 11.5. The summed E-state index contributed by atoms with van der Waals surface area (Å²) in [5.41, 5.74) is 3.31. The summed E-state index contributed by atoms with van der Waals surface area (Å²) >= 11 is 0. The van der Waals surface area contributed by atoms with Crippen molar-refractivity contribution in [2.75, 3.05) is 18.5 Å². The van der Waals surface area contributed by atoms with Gasteiger partial charge < -0.3 is 19.6 Å². The van der Waals surface area contributed by atoms with Crippen LogP contribution in [0.2, 0.25) is 0 Å². The molecular weight excluding hydrogens is 438 g/mol. The van der Waals surface area contributed by atoms with Crippen LogP contribution in [0.4, 0.5) is 11.4 Å². The fourth-order valence-corrected chi connectivity index (χ4v) is 2.90. The number of hydrogen-bond acceptors (Lipinski definition) is 7. The van der Waals surface area contributed by atoms with Gasteiger partial charge in [-0.3, -0.25) is 14.9 Å². The molecule has 1 N–H and O–H groups in total. The van der Waals surface area contributed by atoms with Crippen LogP contribution in [-0.2, 0) is 16.2 Å². The second-order valence-electron chi connectivity index (χ2n) is 7.27. The summed E-state index contributed by atoms with van der Waals surface area (Å²) in [5.74, 6) is 0.729. The summed E-state index contributed by atoms with van der Waals surface area (Å²) in [6.45, 7) is 4.27. The first-order valence-corrected chi connectivity index (χ1v) is 10.6. The molecule has 0 aliphatic heterocycles. The molecule has 176 valence electrons. The van der Waals surface area contributed by atoms with Gasteiger partial charge in [0.15, 0.2) is 18.1 Å². The smallest absolute Gasteiger partial charge is 0.269 e. The van der Waals surface area contributed by atoms with E-state index in [1.54, 1.807) is 30.3 Å². The molecule has 0 radical (unpaired) electrons. The molecule has 3 rings (SSSR count). The lowest BCUT2D eigenvalue weighted by Crippen LogP contribution is -2.16. The van der Waals surface area contributed by atoms with Crippen LogP contribution < -0.4 is 14.8 Å². The maximum Gasteiger partial charge on any atom is 0.269 e. The molecule has 0 saturated heterocycles. The van der Waals surface area contributed by atoms with E-state index >= 15 is 0 Å². The Labute approximate surface area is 197 Å². The van der Waals surface area contributed by atoms with E-state index in [2.05, 4.69) is 10.5 Å². The number of nitro benzene ring substituents is 1. The fourth-order valence-electron chi connectivity index (χ4n) is 2.90. The normalized spacial score (nSPS) is 10.6. The zero-order valence-corrected chi connectivity index (χ0v) is 18.9. The van der Waals surface area contributed by atoms with Gasteiger partial charge in [0, 0.05) is 23.4 Å². The first-order valence-electron chi connectivity index (χ1n) is 10.6. The molecule has 0 aliphatic carbocycles. The molecule has 9 nitrogen and oxygen atoms in total. The van der Waals surface area contributed by atoms with E-state index in [0.717, 1.165) is 11.1 Å². The highest BCUT2D eigenvalue weighted by atomic mass is 16.6. The third-order valence-electron chi connectivity index (χ3n) is 4.62. The highest BCUT2D eigenvalue weighted by Gasteiger charge is 2.09. The van der Waals surface area contributed by atoms with Crippen LogP contribution in [-0.4, -0.2) is 30.3 Å². The van der Waals surface area contributed by atoms with Crippen molar-refractivity contribution in [1.29, 1.82) is 0 Å². The van der Waals surface area contributed by atoms with E-state index in [1.165, 1.54) is 18.3 Å². The first kappa shape index (κ1) is 24.2. The summed E-state index contributed by atoms with van der Waals surface area (Å²) in [6, 6.07) is 18.9. The number of oxime groups is 1. The minimum atomic E-state index is -0.446. The predicted octanol–water partition coefficient (Wildman–Crippen LogP) is 4.87. The second-order valence-corrected chi connectivity index (χ2v) is 7.27. The van der Waals surface area contributed by atoms with Crippen molar-refractivity contribution in [3.63, 3.8) is 0 Å². The molecule has 0 saturated carbocycles. The molecular formula is C25H25N3O6. The number of ether oxygens (including phenoxy) is 2. The molecule has 0 atom stereocenters. The Morgan fingerprint density at radius 1 is 1.03 bits per heavy atom. The minimum absolute atomic E-state index is 0.0252. The molecule has 9 heteroatoms. The lowest BCUT2D eigenvalue weighted by Gasteiger charge is -2.12. The van der Waals surface area contributed by atoms with Crippen LogP contribution in [0.5, 0.6) is 11.5 Å². The number of carbonyl (C=O) groups is 1. The standard InChI is InChI=1S/C25H25N3O6/c1-3-32-24-14-20(15-26-34-17-25(29)27-21-9-4-18(2)5-10-21)8-13-23(24)33-16-19-6-11-22(12-7-19)28(30)31/h4-15H,3,16-17H2,1-2H3,(H,27,29)/b26-15+. The van der Waals surface area contributed by atoms with E-state index in [0.29, 0.717) is 29.4 Å². The van der Waals surface area contributed by atoms with Gasteiger partial charge in [0.25, 0.3) is 11.6 Å². The van der Waals surface area contributed by atoms with Crippen molar-refractivity contribution in [2.24, 2.45) is 5.16 Å². The van der Waals surface area contributed by atoms with Crippen molar-refractivity contribution in [1.82, 2.24) is 0 Å². The van der Waals surface area contributed by atoms with E-state index in [4.69, 9.17) is 14.3 Å². The van der Waals surface area contributed by atoms with Gasteiger partial charge in [0.05, 0.1) is 17.7 Å². The topological polar surface area (TPSA) is 112 Å². The second kappa shape index (κ2) is 12.0. The van der Waals surface area contributed by atoms with Gasteiger partial charge >= 0.3 is 0 Å². The average molecular weight is 463 g/mol. The van der Waals surface area contributed by atoms with E-state index < -0.39 is 4.92 Å². The van der Waals surface area contributed by atoms with Crippen molar-refractivity contribution < 1.29 is 24.0 Å². The quantitative estimate of drug-likeness (QED) is 0.247. The zero-order valence-electron chi connectivity index (χ0n) is 18.9. The summed E-state index contributed by atoms with van der Waals surface area (Å²) in [4.78, 5) is 27.4. The Kier molecular flexibility index (Phi) is 8.56. The number of benzene rings is 3. The predicted molar refractivity (Wildman–Crippen MR) is 128 cm³/mol. The van der Waals surface area contributed by atoms with Crippen LogP contribution in [0.3, 0.4) is 0 Å². The molecule has 0 heterocycles. The molecule has 0 spiro atoms. The summed E-state index contributed by atoms with van der Waals surface area (Å²) in [5, 5.41) is 17.3. The van der Waals surface area contributed by atoms with Gasteiger partial charge in [-0.25, -0.2) is 0 Å². The Bertz CT molecular complexity index is 1140. The molecule has 0 aliphatic rings. The van der Waals surface area contributed by atoms with E-state index in [1.807, 2.05) is 38.1 Å². The number of rotatable bonds is 11. The molecule has 3 aromatic rings. The number of nitro groups is 1. The fraction of sp³-hybridized carbons (Fsp3) is 0.200. The molecule has 0 unspecified atom stereocenters. The maximum absolute atomic E-state index is 12.0. The SMILES string of the molecule is CCOc1cc(/C=N/OCC(=O)Nc2ccc(C)cc2)ccc1OCc1ccc([N+](=O)[O-])cc1. The lowest BCUT2D eigenvalue weighted by atomic mass is 10.2. The van der Waals surface area contributed by atoms with E-state index in [-0.39, 0.29) is 24.8 Å². The van der Waals surface area contributed by atoms with Gasteiger partial charge in [-0.15, -0.1) is 0 Å². The molecule has 0 bridgehead atoms. The van der Waals surface area contributed by atoms with Crippen LogP contribution in [0.1, 0.15) is 23.6 Å². The third-order valence-corrected chi connectivity index (χ3v) is 4.62. The maximum atomic E-state index is 12.0. The average Bonchev–Trinajstić information content (AvgIpc) is 2.83. The van der Waals surface area contributed by atoms with E-state index in [9.17, 15) is 14.9 Å². The molecule has 34 heavy (non-hydrogen) atoms. The Morgan fingerprint density at radius 3 is 2.44 bits per heavy atom. The summed E-state index contributed by atoms with van der Waals surface area (Å²) in [7, 11) is 0. The number of amides is 1. The van der Waals surface area contributed by atoms with Crippen molar-refractivity contribution in [3.8, 4) is 11.5 Å². The van der Waals surface area contributed by atoms with Gasteiger partial charge in [-0.1, -0.05) is 22.9 Å². The van der Waals surface area contributed by atoms with Crippen LogP contribution >= 0.6 is 0 Å². The Balaban J connectivity index is 1.54. The zero-order chi connectivity index (χ0) is 24.3. The first-order chi connectivity index (χ1) is 16.4. The van der Waals surface area contributed by atoms with Gasteiger partial charge in [-0.05, 0) is 61.9 Å².